The number of hydrogen-bond acceptors (Lipinski definition) is 8. The van der Waals surface area contributed by atoms with Crippen LogP contribution in [-0.2, 0) is 6.42 Å². The van der Waals surface area contributed by atoms with Crippen molar-refractivity contribution in [2.75, 3.05) is 39.1 Å². The number of likely N-dealkylation sites (N-methyl/N-ethyl adjacent to an activating group) is 1. The van der Waals surface area contributed by atoms with E-state index >= 15 is 0 Å². The topological polar surface area (TPSA) is 114 Å². The van der Waals surface area contributed by atoms with Crippen molar-refractivity contribution in [3.63, 3.8) is 0 Å². The third-order valence-corrected chi connectivity index (χ3v) is 5.92. The number of H-pyrrole nitrogens is 1. The van der Waals surface area contributed by atoms with E-state index < -0.39 is 0 Å². The second kappa shape index (κ2) is 10.1. The normalized spacial score (nSPS) is 11.4. The van der Waals surface area contributed by atoms with Gasteiger partial charge in [-0.15, -0.1) is 0 Å². The molecule has 0 atom stereocenters. The quantitative estimate of drug-likeness (QED) is 0.328. The second-order valence-electron chi connectivity index (χ2n) is 8.79. The molecule has 0 saturated heterocycles. The van der Waals surface area contributed by atoms with Crippen LogP contribution in [0, 0.1) is 6.92 Å². The summed E-state index contributed by atoms with van der Waals surface area (Å²) in [6.45, 7) is 3.79. The van der Waals surface area contributed by atoms with Gasteiger partial charge in [-0.3, -0.25) is 9.36 Å². The minimum Gasteiger partial charge on any atom is -0.492 e. The fourth-order valence-electron chi connectivity index (χ4n) is 4.13. The van der Waals surface area contributed by atoms with Crippen LogP contribution in [0.2, 0.25) is 0 Å². The SMILES string of the molecule is Cc1cccc2nc(CCNc3ncnc4nc[nH]c34)n(-c3cccc(OCCN(C)C)c3)c(=O)c12. The summed E-state index contributed by atoms with van der Waals surface area (Å²) in [5, 5.41) is 3.94. The van der Waals surface area contributed by atoms with Crippen molar-refractivity contribution in [3.05, 3.63) is 76.9 Å². The van der Waals surface area contributed by atoms with Gasteiger partial charge in [0.15, 0.2) is 11.5 Å². The Morgan fingerprint density at radius 3 is 2.83 bits per heavy atom. The molecule has 0 fully saturated rings. The molecule has 0 aliphatic heterocycles. The van der Waals surface area contributed by atoms with E-state index in [1.165, 1.54) is 6.33 Å². The highest BCUT2D eigenvalue weighted by molar-refractivity contribution is 5.82. The molecule has 5 rings (SSSR count). The summed E-state index contributed by atoms with van der Waals surface area (Å²) in [5.74, 6) is 2.00. The summed E-state index contributed by atoms with van der Waals surface area (Å²) in [7, 11) is 4.00. The van der Waals surface area contributed by atoms with Gasteiger partial charge in [0.1, 0.15) is 30.0 Å². The molecule has 10 nitrogen and oxygen atoms in total. The zero-order chi connectivity index (χ0) is 25.1. The number of anilines is 1. The van der Waals surface area contributed by atoms with Gasteiger partial charge in [0.25, 0.3) is 5.56 Å². The van der Waals surface area contributed by atoms with Crippen molar-refractivity contribution < 1.29 is 4.74 Å². The molecular formula is C26H28N8O2. The molecule has 0 saturated carbocycles. The van der Waals surface area contributed by atoms with Crippen molar-refractivity contribution in [1.29, 1.82) is 0 Å². The van der Waals surface area contributed by atoms with Gasteiger partial charge in [0.2, 0.25) is 0 Å². The summed E-state index contributed by atoms with van der Waals surface area (Å²) in [6.07, 6.45) is 3.55. The van der Waals surface area contributed by atoms with Crippen LogP contribution in [-0.4, -0.2) is 68.2 Å². The summed E-state index contributed by atoms with van der Waals surface area (Å²) in [5.41, 5.74) is 3.52. The van der Waals surface area contributed by atoms with Crippen molar-refractivity contribution >= 4 is 27.9 Å². The van der Waals surface area contributed by atoms with E-state index in [4.69, 9.17) is 9.72 Å². The first-order chi connectivity index (χ1) is 17.5. The predicted molar refractivity (Wildman–Crippen MR) is 140 cm³/mol. The van der Waals surface area contributed by atoms with Crippen LogP contribution in [0.5, 0.6) is 5.75 Å². The average Bonchev–Trinajstić information content (AvgIpc) is 3.34. The molecule has 10 heteroatoms. The molecule has 0 unspecified atom stereocenters. The summed E-state index contributed by atoms with van der Waals surface area (Å²) >= 11 is 0. The fraction of sp³-hybridized carbons (Fsp3) is 0.269. The smallest absolute Gasteiger partial charge is 0.266 e. The largest absolute Gasteiger partial charge is 0.492 e. The van der Waals surface area contributed by atoms with E-state index in [1.807, 2.05) is 63.5 Å². The van der Waals surface area contributed by atoms with E-state index in [0.29, 0.717) is 59.2 Å². The second-order valence-corrected chi connectivity index (χ2v) is 8.79. The molecule has 3 aromatic heterocycles. The van der Waals surface area contributed by atoms with E-state index in [0.717, 1.165) is 17.6 Å². The van der Waals surface area contributed by atoms with E-state index in [-0.39, 0.29) is 5.56 Å². The van der Waals surface area contributed by atoms with Crippen LogP contribution >= 0.6 is 0 Å². The Morgan fingerprint density at radius 2 is 1.97 bits per heavy atom. The van der Waals surface area contributed by atoms with E-state index in [2.05, 4.69) is 30.2 Å². The van der Waals surface area contributed by atoms with E-state index in [1.54, 1.807) is 10.9 Å². The average molecular weight is 485 g/mol. The lowest BCUT2D eigenvalue weighted by molar-refractivity contribution is 0.261. The van der Waals surface area contributed by atoms with Gasteiger partial charge in [0, 0.05) is 25.6 Å². The highest BCUT2D eigenvalue weighted by Crippen LogP contribution is 2.21. The Labute approximate surface area is 208 Å². The van der Waals surface area contributed by atoms with Gasteiger partial charge in [-0.05, 0) is 44.8 Å². The minimum absolute atomic E-state index is 0.100. The molecule has 0 bridgehead atoms. The molecule has 0 aliphatic carbocycles. The Bertz CT molecular complexity index is 1570. The first-order valence-electron chi connectivity index (χ1n) is 11.8. The zero-order valence-electron chi connectivity index (χ0n) is 20.5. The Kier molecular flexibility index (Phi) is 6.59. The number of nitrogens with zero attached hydrogens (tertiary/aromatic N) is 6. The molecule has 184 valence electrons. The summed E-state index contributed by atoms with van der Waals surface area (Å²) in [6, 6.07) is 13.3. The van der Waals surface area contributed by atoms with Crippen LogP contribution < -0.4 is 15.6 Å². The number of rotatable bonds is 9. The number of aryl methyl sites for hydroxylation is 1. The van der Waals surface area contributed by atoms with E-state index in [9.17, 15) is 4.79 Å². The number of nitrogens with one attached hydrogen (secondary N) is 2. The Hall–Kier alpha value is -4.31. The van der Waals surface area contributed by atoms with Gasteiger partial charge < -0.3 is 19.9 Å². The van der Waals surface area contributed by atoms with Crippen molar-refractivity contribution in [3.8, 4) is 11.4 Å². The Balaban J connectivity index is 1.50. The lowest BCUT2D eigenvalue weighted by Gasteiger charge is -2.16. The minimum atomic E-state index is -0.100. The third kappa shape index (κ3) is 4.76. The number of fused-ring (bicyclic) bond motifs is 2. The molecule has 36 heavy (non-hydrogen) atoms. The number of benzene rings is 2. The lowest BCUT2D eigenvalue weighted by atomic mass is 10.1. The number of aromatic nitrogens is 6. The van der Waals surface area contributed by atoms with Crippen LogP contribution in [0.1, 0.15) is 11.4 Å². The highest BCUT2D eigenvalue weighted by Gasteiger charge is 2.15. The molecular weight excluding hydrogens is 456 g/mol. The zero-order valence-corrected chi connectivity index (χ0v) is 20.5. The number of aromatic amines is 1. The summed E-state index contributed by atoms with van der Waals surface area (Å²) < 4.78 is 7.61. The van der Waals surface area contributed by atoms with Gasteiger partial charge in [-0.25, -0.2) is 19.9 Å². The predicted octanol–water partition coefficient (Wildman–Crippen LogP) is 2.96. The van der Waals surface area contributed by atoms with Crippen molar-refractivity contribution in [2.45, 2.75) is 13.3 Å². The van der Waals surface area contributed by atoms with Gasteiger partial charge in [-0.1, -0.05) is 18.2 Å². The van der Waals surface area contributed by atoms with Gasteiger partial charge in [0.05, 0.1) is 22.9 Å². The molecule has 3 heterocycles. The standard InChI is InChI=1S/C26H28N8O2/c1-17-6-4-9-20-22(17)26(35)34(18-7-5-8-19(14-18)36-13-12-33(2)3)21(32-20)10-11-27-24-23-25(29-15-28-23)31-16-30-24/h4-9,14-16H,10-13H2,1-3H3,(H2,27,28,29,30,31). The molecule has 2 aromatic carbocycles. The molecule has 0 aliphatic rings. The van der Waals surface area contributed by atoms with Crippen molar-refractivity contribution in [1.82, 2.24) is 34.4 Å². The van der Waals surface area contributed by atoms with Crippen LogP contribution in [0.3, 0.4) is 0 Å². The van der Waals surface area contributed by atoms with Crippen LogP contribution in [0.4, 0.5) is 5.82 Å². The van der Waals surface area contributed by atoms with Crippen LogP contribution in [0.25, 0.3) is 27.8 Å². The van der Waals surface area contributed by atoms with Gasteiger partial charge in [-0.2, -0.15) is 0 Å². The third-order valence-electron chi connectivity index (χ3n) is 5.92. The monoisotopic (exact) mass is 484 g/mol. The summed E-state index contributed by atoms with van der Waals surface area (Å²) in [4.78, 5) is 36.4. The number of hydrogen-bond donors (Lipinski definition) is 2. The number of ether oxygens (including phenoxy) is 1. The molecule has 0 radical (unpaired) electrons. The van der Waals surface area contributed by atoms with Crippen LogP contribution in [0.15, 0.2) is 59.9 Å². The molecule has 0 amide bonds. The maximum atomic E-state index is 13.8. The Morgan fingerprint density at radius 1 is 1.11 bits per heavy atom. The number of imidazole rings is 1. The maximum absolute atomic E-state index is 13.8. The first kappa shape index (κ1) is 23.4. The maximum Gasteiger partial charge on any atom is 0.266 e. The lowest BCUT2D eigenvalue weighted by Crippen LogP contribution is -2.26. The van der Waals surface area contributed by atoms with Gasteiger partial charge >= 0.3 is 0 Å². The molecule has 2 N–H and O–H groups in total. The highest BCUT2D eigenvalue weighted by atomic mass is 16.5. The molecule has 5 aromatic rings. The van der Waals surface area contributed by atoms with Crippen molar-refractivity contribution in [2.24, 2.45) is 0 Å². The molecule has 0 spiro atoms. The fourth-order valence-corrected chi connectivity index (χ4v) is 4.13. The first-order valence-corrected chi connectivity index (χ1v) is 11.8.